The van der Waals surface area contributed by atoms with E-state index in [4.69, 9.17) is 9.47 Å². The first kappa shape index (κ1) is 27.0. The number of methoxy groups -OCH3 is 1. The fourth-order valence-corrected chi connectivity index (χ4v) is 6.97. The molecule has 0 amide bonds. The van der Waals surface area contributed by atoms with E-state index in [2.05, 4.69) is 21.8 Å². The van der Waals surface area contributed by atoms with E-state index in [1.165, 1.54) is 31.6 Å². The second-order valence-electron chi connectivity index (χ2n) is 11.0. The minimum Gasteiger partial charge on any atom is -0.495 e. The average molecular weight is 556 g/mol. The van der Waals surface area contributed by atoms with Crippen LogP contribution in [-0.2, 0) is 17.4 Å². The average Bonchev–Trinajstić information content (AvgIpc) is 3.33. The molecular formula is C30H32F3N3O4. The molecule has 6 rings (SSSR count). The van der Waals surface area contributed by atoms with Crippen LogP contribution >= 0.6 is 0 Å². The van der Waals surface area contributed by atoms with Gasteiger partial charge in [0.15, 0.2) is 11.2 Å². The predicted octanol–water partition coefficient (Wildman–Crippen LogP) is 3.61. The molecule has 1 aromatic heterocycles. The molecule has 3 aliphatic rings. The van der Waals surface area contributed by atoms with Crippen LogP contribution in [0.4, 0.5) is 13.2 Å². The molecule has 5 unspecified atom stereocenters. The first-order valence-electron chi connectivity index (χ1n) is 13.4. The van der Waals surface area contributed by atoms with Gasteiger partial charge in [0.1, 0.15) is 11.5 Å². The largest absolute Gasteiger partial charge is 0.495 e. The van der Waals surface area contributed by atoms with E-state index in [-0.39, 0.29) is 17.1 Å². The van der Waals surface area contributed by atoms with Gasteiger partial charge in [-0.15, -0.1) is 0 Å². The van der Waals surface area contributed by atoms with Crippen molar-refractivity contribution in [1.82, 2.24) is 14.8 Å². The number of nitrogens with zero attached hydrogens (tertiary/aromatic N) is 3. The Labute approximate surface area is 230 Å². The number of fused-ring (bicyclic) bond motifs is 3. The van der Waals surface area contributed by atoms with Crippen molar-refractivity contribution < 1.29 is 32.9 Å². The van der Waals surface area contributed by atoms with Crippen LogP contribution in [0.3, 0.4) is 0 Å². The Bertz CT molecular complexity index is 1360. The molecule has 3 heterocycles. The number of likely N-dealkylation sites (N-methyl/N-ethyl adjacent to an activating group) is 1. The molecule has 2 aliphatic heterocycles. The summed E-state index contributed by atoms with van der Waals surface area (Å²) in [6.45, 7) is 3.78. The highest BCUT2D eigenvalue weighted by Crippen LogP contribution is 2.69. The molecule has 10 heteroatoms. The third-order valence-corrected chi connectivity index (χ3v) is 8.88. The van der Waals surface area contributed by atoms with Crippen LogP contribution in [0, 0.1) is 5.92 Å². The zero-order valence-electron chi connectivity index (χ0n) is 22.3. The summed E-state index contributed by atoms with van der Waals surface area (Å²) in [4.78, 5) is 8.69. The van der Waals surface area contributed by atoms with E-state index in [9.17, 15) is 23.4 Å². The molecule has 40 heavy (non-hydrogen) atoms. The maximum absolute atomic E-state index is 13.6. The number of rotatable bonds is 5. The summed E-state index contributed by atoms with van der Waals surface area (Å²) in [7, 11) is 3.50. The number of aliphatic hydroxyl groups is 2. The smallest absolute Gasteiger partial charge is 0.416 e. The molecule has 3 aromatic rings. The van der Waals surface area contributed by atoms with Crippen LogP contribution in [0.2, 0.25) is 0 Å². The van der Waals surface area contributed by atoms with Crippen LogP contribution in [-0.4, -0.2) is 78.0 Å². The normalized spacial score (nSPS) is 30.5. The van der Waals surface area contributed by atoms with Gasteiger partial charge >= 0.3 is 6.18 Å². The number of pyridine rings is 1. The molecule has 2 N–H and O–H groups in total. The lowest BCUT2D eigenvalue weighted by Crippen LogP contribution is -2.52. The van der Waals surface area contributed by atoms with Crippen molar-refractivity contribution in [3.05, 3.63) is 89.2 Å². The van der Waals surface area contributed by atoms with Crippen LogP contribution in [0.15, 0.2) is 67.0 Å². The van der Waals surface area contributed by atoms with Gasteiger partial charge in [-0.05, 0) is 30.3 Å². The summed E-state index contributed by atoms with van der Waals surface area (Å²) in [5.41, 5.74) is -3.14. The monoisotopic (exact) mass is 555 g/mol. The number of piperazine rings is 1. The van der Waals surface area contributed by atoms with Crippen molar-refractivity contribution in [2.75, 3.05) is 46.9 Å². The first-order valence-corrected chi connectivity index (χ1v) is 13.4. The molecule has 5 atom stereocenters. The van der Waals surface area contributed by atoms with E-state index >= 15 is 0 Å². The second-order valence-corrected chi connectivity index (χ2v) is 11.0. The Kier molecular flexibility index (Phi) is 6.57. The Morgan fingerprint density at radius 3 is 2.33 bits per heavy atom. The Hall–Kier alpha value is -3.18. The number of hydrogen-bond donors (Lipinski definition) is 2. The number of benzene rings is 2. The molecule has 0 bridgehead atoms. The highest BCUT2D eigenvalue weighted by Gasteiger charge is 2.76. The van der Waals surface area contributed by atoms with Gasteiger partial charge in [-0.25, -0.2) is 0 Å². The SMILES string of the molecule is COc1cncc2c1C1(O)C(O)C(CN3CCN(C)CC3)C(c3ccccc3)C1(c1ccc(C(F)(F)F)cc1)O2. The minimum atomic E-state index is -4.53. The summed E-state index contributed by atoms with van der Waals surface area (Å²) in [6, 6.07) is 14.1. The van der Waals surface area contributed by atoms with Gasteiger partial charge in [0.25, 0.3) is 0 Å². The first-order chi connectivity index (χ1) is 19.1. The Morgan fingerprint density at radius 1 is 1.02 bits per heavy atom. The van der Waals surface area contributed by atoms with E-state index in [1.807, 2.05) is 30.3 Å². The van der Waals surface area contributed by atoms with Gasteiger partial charge in [-0.3, -0.25) is 4.98 Å². The molecule has 1 aliphatic carbocycles. The molecule has 1 saturated heterocycles. The maximum atomic E-state index is 13.6. The van der Waals surface area contributed by atoms with Crippen molar-refractivity contribution >= 4 is 0 Å². The van der Waals surface area contributed by atoms with Crippen LogP contribution in [0.5, 0.6) is 11.5 Å². The van der Waals surface area contributed by atoms with Crippen LogP contribution in [0.1, 0.15) is 28.2 Å². The fraction of sp³-hybridized carbons (Fsp3) is 0.433. The number of ether oxygens (including phenoxy) is 2. The summed E-state index contributed by atoms with van der Waals surface area (Å²) >= 11 is 0. The zero-order valence-corrected chi connectivity index (χ0v) is 22.3. The lowest BCUT2D eigenvalue weighted by atomic mass is 9.70. The molecule has 2 aromatic carbocycles. The molecule has 1 saturated carbocycles. The second kappa shape index (κ2) is 9.73. The van der Waals surface area contributed by atoms with Gasteiger partial charge in [0.2, 0.25) is 0 Å². The van der Waals surface area contributed by atoms with Gasteiger partial charge in [-0.2, -0.15) is 13.2 Å². The van der Waals surface area contributed by atoms with Crippen LogP contribution in [0.25, 0.3) is 0 Å². The molecular weight excluding hydrogens is 523 g/mol. The molecule has 2 fully saturated rings. The number of hydrogen-bond acceptors (Lipinski definition) is 7. The number of alkyl halides is 3. The summed E-state index contributed by atoms with van der Waals surface area (Å²) < 4.78 is 52.9. The topological polar surface area (TPSA) is 78.3 Å². The molecule has 212 valence electrons. The fourth-order valence-electron chi connectivity index (χ4n) is 6.97. The van der Waals surface area contributed by atoms with Gasteiger partial charge in [0, 0.05) is 44.6 Å². The quantitative estimate of drug-likeness (QED) is 0.498. The number of aliphatic hydroxyl groups excluding tert-OH is 1. The number of halogens is 3. The third-order valence-electron chi connectivity index (χ3n) is 8.88. The Balaban J connectivity index is 1.58. The van der Waals surface area contributed by atoms with E-state index in [0.29, 0.717) is 12.1 Å². The lowest BCUT2D eigenvalue weighted by molar-refractivity contribution is -0.152. The Morgan fingerprint density at radius 2 is 1.70 bits per heavy atom. The summed E-state index contributed by atoms with van der Waals surface area (Å²) in [5, 5.41) is 25.0. The van der Waals surface area contributed by atoms with Gasteiger partial charge < -0.3 is 29.5 Å². The number of aromatic nitrogens is 1. The van der Waals surface area contributed by atoms with Crippen molar-refractivity contribution in [3.8, 4) is 11.5 Å². The van der Waals surface area contributed by atoms with Crippen molar-refractivity contribution in [2.24, 2.45) is 5.92 Å². The molecule has 7 nitrogen and oxygen atoms in total. The highest BCUT2D eigenvalue weighted by atomic mass is 19.4. The van der Waals surface area contributed by atoms with Gasteiger partial charge in [-0.1, -0.05) is 42.5 Å². The highest BCUT2D eigenvalue weighted by molar-refractivity contribution is 5.59. The van der Waals surface area contributed by atoms with Crippen molar-refractivity contribution in [1.29, 1.82) is 0 Å². The van der Waals surface area contributed by atoms with Gasteiger partial charge in [0.05, 0.1) is 36.7 Å². The minimum absolute atomic E-state index is 0.222. The maximum Gasteiger partial charge on any atom is 0.416 e. The summed E-state index contributed by atoms with van der Waals surface area (Å²) in [6.07, 6.45) is -2.97. The lowest BCUT2D eigenvalue weighted by Gasteiger charge is -2.41. The summed E-state index contributed by atoms with van der Waals surface area (Å²) in [5.74, 6) is -0.689. The molecule has 0 radical (unpaired) electrons. The van der Waals surface area contributed by atoms with Crippen molar-refractivity contribution in [3.63, 3.8) is 0 Å². The van der Waals surface area contributed by atoms with E-state index in [1.54, 1.807) is 0 Å². The third kappa shape index (κ3) is 3.92. The molecule has 0 spiro atoms. The standard InChI is InChI=1S/C30H32F3N3O4/c1-35-12-14-36(15-13-35)18-22-25(19-6-4-3-5-7-19)29(20-8-10-21(11-9-20)30(31,32)33)28(38,27(22)37)26-23(39-2)16-34-17-24(26)40-29/h3-11,16-17,22,25,27,37-38H,12-15,18H2,1-2H3. The van der Waals surface area contributed by atoms with E-state index < -0.39 is 40.9 Å². The van der Waals surface area contributed by atoms with Crippen LogP contribution < -0.4 is 9.47 Å². The van der Waals surface area contributed by atoms with Crippen molar-refractivity contribution in [2.45, 2.75) is 29.4 Å². The zero-order chi connectivity index (χ0) is 28.3. The van der Waals surface area contributed by atoms with E-state index in [0.717, 1.165) is 43.9 Å². The predicted molar refractivity (Wildman–Crippen MR) is 141 cm³/mol.